The van der Waals surface area contributed by atoms with E-state index < -0.39 is 0 Å². The molecule has 0 spiro atoms. The summed E-state index contributed by atoms with van der Waals surface area (Å²) in [5.41, 5.74) is 0.875. The summed E-state index contributed by atoms with van der Waals surface area (Å²) < 4.78 is 14.3. The molecule has 0 saturated heterocycles. The minimum Gasteiger partial charge on any atom is -0.314 e. The van der Waals surface area contributed by atoms with Gasteiger partial charge in [0.05, 0.1) is 0 Å². The lowest BCUT2D eigenvalue weighted by molar-refractivity contribution is 0.222. The molecule has 0 amide bonds. The van der Waals surface area contributed by atoms with Gasteiger partial charge in [-0.2, -0.15) is 0 Å². The summed E-state index contributed by atoms with van der Waals surface area (Å²) in [6.07, 6.45) is 7.44. The second-order valence-corrected chi connectivity index (χ2v) is 7.24. The van der Waals surface area contributed by atoms with E-state index in [-0.39, 0.29) is 5.82 Å². The molecule has 3 unspecified atom stereocenters. The Morgan fingerprint density at radius 3 is 2.71 bits per heavy atom. The van der Waals surface area contributed by atoms with Gasteiger partial charge in [0.15, 0.2) is 0 Å². The van der Waals surface area contributed by atoms with Gasteiger partial charge in [0.1, 0.15) is 5.82 Å². The quantitative estimate of drug-likeness (QED) is 0.794. The van der Waals surface area contributed by atoms with Gasteiger partial charge < -0.3 is 5.32 Å². The van der Waals surface area contributed by atoms with Crippen molar-refractivity contribution in [1.29, 1.82) is 0 Å². The first-order chi connectivity index (χ1) is 10.2. The number of benzene rings is 1. The van der Waals surface area contributed by atoms with Gasteiger partial charge in [-0.1, -0.05) is 37.4 Å². The van der Waals surface area contributed by atoms with E-state index >= 15 is 0 Å². The lowest BCUT2D eigenvalue weighted by Gasteiger charge is -2.36. The molecule has 3 heteroatoms. The van der Waals surface area contributed by atoms with E-state index in [0.717, 1.165) is 30.5 Å². The molecule has 3 rings (SSSR count). The topological polar surface area (TPSA) is 12.0 Å². The van der Waals surface area contributed by atoms with E-state index in [2.05, 4.69) is 12.2 Å². The van der Waals surface area contributed by atoms with E-state index in [4.69, 9.17) is 11.6 Å². The zero-order valence-electron chi connectivity index (χ0n) is 12.7. The number of rotatable bonds is 5. The van der Waals surface area contributed by atoms with E-state index in [1.807, 2.05) is 12.1 Å². The first-order valence-electron chi connectivity index (χ1n) is 8.35. The average Bonchev–Trinajstić information content (AvgIpc) is 3.29. The molecule has 3 atom stereocenters. The molecule has 116 valence electrons. The van der Waals surface area contributed by atoms with E-state index in [1.54, 1.807) is 0 Å². The highest BCUT2D eigenvalue weighted by Gasteiger charge is 2.33. The summed E-state index contributed by atoms with van der Waals surface area (Å²) in [5.74, 6) is 1.51. The fourth-order valence-electron chi connectivity index (χ4n) is 3.72. The third kappa shape index (κ3) is 3.78. The number of hydrogen-bond donors (Lipinski definition) is 1. The maximum atomic E-state index is 14.3. The Morgan fingerprint density at radius 2 is 2.05 bits per heavy atom. The maximum absolute atomic E-state index is 14.3. The van der Waals surface area contributed by atoms with Crippen LogP contribution in [0.4, 0.5) is 4.39 Å². The highest BCUT2D eigenvalue weighted by Crippen LogP contribution is 2.43. The predicted octanol–water partition coefficient (Wildman–Crippen LogP) is 5.14. The van der Waals surface area contributed by atoms with Crippen LogP contribution >= 0.6 is 11.6 Å². The molecule has 1 aromatic rings. The monoisotopic (exact) mass is 309 g/mol. The number of nitrogens with one attached hydrogen (secondary N) is 1. The molecule has 2 fully saturated rings. The van der Waals surface area contributed by atoms with Crippen molar-refractivity contribution in [2.45, 2.75) is 57.4 Å². The maximum Gasteiger partial charge on any atom is 0.128 e. The number of hydrogen-bond acceptors (Lipinski definition) is 1. The summed E-state index contributed by atoms with van der Waals surface area (Å²) in [5, 5.41) is 4.13. The van der Waals surface area contributed by atoms with E-state index in [1.165, 1.54) is 38.2 Å². The van der Waals surface area contributed by atoms with Crippen LogP contribution in [0.25, 0.3) is 0 Å². The normalized spacial score (nSPS) is 29.6. The van der Waals surface area contributed by atoms with Crippen molar-refractivity contribution in [3.63, 3.8) is 0 Å². The van der Waals surface area contributed by atoms with Gasteiger partial charge in [0.2, 0.25) is 0 Å². The third-order valence-electron chi connectivity index (χ3n) is 5.29. The van der Waals surface area contributed by atoms with Crippen LogP contribution in [-0.2, 0) is 0 Å². The molecule has 2 aliphatic rings. The molecule has 0 bridgehead atoms. The predicted molar refractivity (Wildman–Crippen MR) is 86.3 cm³/mol. The molecule has 0 heterocycles. The van der Waals surface area contributed by atoms with Gasteiger partial charge in [-0.25, -0.2) is 4.39 Å². The van der Waals surface area contributed by atoms with Crippen LogP contribution < -0.4 is 5.32 Å². The van der Waals surface area contributed by atoms with Crippen LogP contribution in [0.5, 0.6) is 0 Å². The zero-order chi connectivity index (χ0) is 14.8. The standard InChI is InChI=1S/C18H25ClFN/c1-2-12-3-4-13(11-21-15-6-7-15)17(9-12)16-8-5-14(19)10-18(16)20/h5,8,10,12-13,15,17,21H,2-4,6-7,9,11H2,1H3. The summed E-state index contributed by atoms with van der Waals surface area (Å²) in [7, 11) is 0. The van der Waals surface area contributed by atoms with Crippen molar-refractivity contribution in [2.75, 3.05) is 6.54 Å². The highest BCUT2D eigenvalue weighted by atomic mass is 35.5. The Balaban J connectivity index is 1.77. The zero-order valence-corrected chi connectivity index (χ0v) is 13.5. The SMILES string of the molecule is CCC1CCC(CNC2CC2)C(c2ccc(Cl)cc2F)C1. The largest absolute Gasteiger partial charge is 0.314 e. The molecule has 0 aromatic heterocycles. The first kappa shape index (κ1) is 15.3. The highest BCUT2D eigenvalue weighted by molar-refractivity contribution is 6.30. The van der Waals surface area contributed by atoms with E-state index in [9.17, 15) is 4.39 Å². The smallest absolute Gasteiger partial charge is 0.128 e. The average molecular weight is 310 g/mol. The molecular weight excluding hydrogens is 285 g/mol. The fourth-order valence-corrected chi connectivity index (χ4v) is 3.88. The van der Waals surface area contributed by atoms with Gasteiger partial charge in [-0.15, -0.1) is 0 Å². The van der Waals surface area contributed by atoms with Gasteiger partial charge in [-0.3, -0.25) is 0 Å². The lowest BCUT2D eigenvalue weighted by atomic mass is 9.70. The minimum atomic E-state index is -0.124. The summed E-state index contributed by atoms with van der Waals surface area (Å²) in [6, 6.07) is 5.94. The summed E-state index contributed by atoms with van der Waals surface area (Å²) >= 11 is 5.91. The van der Waals surface area contributed by atoms with Crippen LogP contribution in [0.2, 0.25) is 5.02 Å². The Hall–Kier alpha value is -0.600. The van der Waals surface area contributed by atoms with Gasteiger partial charge >= 0.3 is 0 Å². The van der Waals surface area contributed by atoms with Gasteiger partial charge in [0.25, 0.3) is 0 Å². The van der Waals surface area contributed by atoms with Crippen LogP contribution in [0.3, 0.4) is 0 Å². The fraction of sp³-hybridized carbons (Fsp3) is 0.667. The Kier molecular flexibility index (Phi) is 4.85. The van der Waals surface area contributed by atoms with Crippen molar-refractivity contribution in [3.8, 4) is 0 Å². The summed E-state index contributed by atoms with van der Waals surface area (Å²) in [6.45, 7) is 3.29. The molecule has 1 aromatic carbocycles. The van der Waals surface area contributed by atoms with Crippen LogP contribution in [0.1, 0.15) is 56.9 Å². The van der Waals surface area contributed by atoms with E-state index in [0.29, 0.717) is 16.9 Å². The molecule has 2 aliphatic carbocycles. The van der Waals surface area contributed by atoms with Crippen LogP contribution in [0, 0.1) is 17.7 Å². The molecule has 1 nitrogen and oxygen atoms in total. The lowest BCUT2D eigenvalue weighted by Crippen LogP contribution is -2.33. The van der Waals surface area contributed by atoms with Gasteiger partial charge in [0, 0.05) is 11.1 Å². The van der Waals surface area contributed by atoms with Crippen molar-refractivity contribution >= 4 is 11.6 Å². The Labute approximate surface area is 132 Å². The molecule has 0 aliphatic heterocycles. The second kappa shape index (κ2) is 6.66. The van der Waals surface area contributed by atoms with Crippen LogP contribution in [0.15, 0.2) is 18.2 Å². The Bertz CT molecular complexity index is 486. The summed E-state index contributed by atoms with van der Waals surface area (Å²) in [4.78, 5) is 0. The second-order valence-electron chi connectivity index (χ2n) is 6.80. The van der Waals surface area contributed by atoms with Crippen molar-refractivity contribution < 1.29 is 4.39 Å². The molecular formula is C18H25ClFN. The molecule has 1 N–H and O–H groups in total. The van der Waals surface area contributed by atoms with Crippen molar-refractivity contribution in [3.05, 3.63) is 34.6 Å². The van der Waals surface area contributed by atoms with Crippen molar-refractivity contribution in [2.24, 2.45) is 11.8 Å². The third-order valence-corrected chi connectivity index (χ3v) is 5.52. The minimum absolute atomic E-state index is 0.124. The Morgan fingerprint density at radius 1 is 1.24 bits per heavy atom. The van der Waals surface area contributed by atoms with Gasteiger partial charge in [-0.05, 0) is 67.7 Å². The number of halogens is 2. The molecule has 2 saturated carbocycles. The van der Waals surface area contributed by atoms with Crippen molar-refractivity contribution in [1.82, 2.24) is 5.32 Å². The van der Waals surface area contributed by atoms with Crippen LogP contribution in [-0.4, -0.2) is 12.6 Å². The first-order valence-corrected chi connectivity index (χ1v) is 8.73. The molecule has 21 heavy (non-hydrogen) atoms. The molecule has 0 radical (unpaired) electrons.